The van der Waals surface area contributed by atoms with Crippen molar-refractivity contribution in [2.45, 2.75) is 25.3 Å². The Morgan fingerprint density at radius 1 is 1.50 bits per heavy atom. The highest BCUT2D eigenvalue weighted by molar-refractivity contribution is 9.10. The minimum Gasteiger partial charge on any atom is -0.481 e. The fraction of sp³-hybridized carbons (Fsp3) is 0.429. The molecule has 0 aliphatic heterocycles. The summed E-state index contributed by atoms with van der Waals surface area (Å²) in [5.74, 6) is -0.902. The average molecular weight is 341 g/mol. The van der Waals surface area contributed by atoms with Crippen molar-refractivity contribution in [3.05, 3.63) is 33.8 Å². The molecule has 0 spiro atoms. The summed E-state index contributed by atoms with van der Waals surface area (Å²) < 4.78 is 1.04. The highest BCUT2D eigenvalue weighted by Gasteiger charge is 2.25. The number of aryl methyl sites for hydroxylation is 1. The minimum atomic E-state index is -0.902. The van der Waals surface area contributed by atoms with Crippen LogP contribution in [0.3, 0.4) is 0 Å². The van der Waals surface area contributed by atoms with E-state index in [1.54, 1.807) is 7.05 Å². The van der Waals surface area contributed by atoms with Crippen LogP contribution in [0.5, 0.6) is 0 Å². The smallest absolute Gasteiger partial charge is 0.317 e. The lowest BCUT2D eigenvalue weighted by Gasteiger charge is -2.21. The van der Waals surface area contributed by atoms with Crippen LogP contribution in [0.4, 0.5) is 4.79 Å². The second-order valence-corrected chi connectivity index (χ2v) is 5.86. The zero-order valence-electron chi connectivity index (χ0n) is 11.2. The number of carbonyl (C=O) groups is 2. The Balaban J connectivity index is 1.95. The number of nitrogens with one attached hydrogen (secondary N) is 1. The quantitative estimate of drug-likeness (QED) is 0.884. The summed E-state index contributed by atoms with van der Waals surface area (Å²) in [6.45, 7) is 0.209. The molecule has 0 saturated heterocycles. The molecule has 5 nitrogen and oxygen atoms in total. The number of carboxylic acid groups (broad SMARTS) is 1. The Hall–Kier alpha value is -1.56. The fourth-order valence-electron chi connectivity index (χ4n) is 2.36. The molecule has 0 heterocycles. The first kappa shape index (κ1) is 14.8. The number of nitrogens with zero attached hydrogens (tertiary/aromatic N) is 1. The molecule has 0 bridgehead atoms. The maximum absolute atomic E-state index is 12.0. The number of fused-ring (bicyclic) bond motifs is 1. The number of rotatable bonds is 4. The lowest BCUT2D eigenvalue weighted by Crippen LogP contribution is -2.39. The van der Waals surface area contributed by atoms with Gasteiger partial charge in [-0.3, -0.25) is 4.79 Å². The zero-order chi connectivity index (χ0) is 14.7. The highest BCUT2D eigenvalue weighted by Crippen LogP contribution is 2.32. The lowest BCUT2D eigenvalue weighted by molar-refractivity contribution is -0.137. The minimum absolute atomic E-state index is 0.0119. The molecule has 1 unspecified atom stereocenters. The second kappa shape index (κ2) is 6.26. The number of urea groups is 1. The molecule has 108 valence electrons. The molecule has 2 N–H and O–H groups in total. The van der Waals surface area contributed by atoms with Gasteiger partial charge >= 0.3 is 12.0 Å². The third kappa shape index (κ3) is 3.50. The largest absolute Gasteiger partial charge is 0.481 e. The van der Waals surface area contributed by atoms with E-state index in [1.165, 1.54) is 10.5 Å². The Bertz CT molecular complexity index is 533. The average Bonchev–Trinajstić information content (AvgIpc) is 2.78. The summed E-state index contributed by atoms with van der Waals surface area (Å²) in [5, 5.41) is 11.6. The number of hydrogen-bond donors (Lipinski definition) is 2. The van der Waals surface area contributed by atoms with Crippen molar-refractivity contribution in [2.24, 2.45) is 0 Å². The van der Waals surface area contributed by atoms with E-state index in [9.17, 15) is 9.59 Å². The van der Waals surface area contributed by atoms with Crippen molar-refractivity contribution in [3.63, 3.8) is 0 Å². The van der Waals surface area contributed by atoms with E-state index in [4.69, 9.17) is 5.11 Å². The molecule has 1 atom stereocenters. The van der Waals surface area contributed by atoms with Crippen LogP contribution < -0.4 is 5.32 Å². The predicted octanol–water partition coefficient (Wildman–Crippen LogP) is 2.55. The molecule has 0 radical (unpaired) electrons. The monoisotopic (exact) mass is 340 g/mol. The van der Waals surface area contributed by atoms with E-state index >= 15 is 0 Å². The molecule has 2 rings (SSSR count). The molecule has 1 aliphatic carbocycles. The Kier molecular flexibility index (Phi) is 4.65. The van der Waals surface area contributed by atoms with Crippen molar-refractivity contribution in [3.8, 4) is 0 Å². The molecular weight excluding hydrogens is 324 g/mol. The van der Waals surface area contributed by atoms with Gasteiger partial charge in [0.05, 0.1) is 12.5 Å². The number of halogens is 1. The first-order chi connectivity index (χ1) is 9.47. The Labute approximate surface area is 126 Å². The summed E-state index contributed by atoms with van der Waals surface area (Å²) in [6.07, 6.45) is 1.78. The maximum Gasteiger partial charge on any atom is 0.317 e. The molecule has 2 amide bonds. The molecule has 6 heteroatoms. The molecule has 0 fully saturated rings. The molecule has 1 aromatic carbocycles. The van der Waals surface area contributed by atoms with Crippen LogP contribution in [0.25, 0.3) is 0 Å². The van der Waals surface area contributed by atoms with Gasteiger partial charge in [-0.25, -0.2) is 4.79 Å². The summed E-state index contributed by atoms with van der Waals surface area (Å²) >= 11 is 3.44. The van der Waals surface area contributed by atoms with E-state index in [2.05, 4.69) is 27.3 Å². The van der Waals surface area contributed by atoms with Crippen molar-refractivity contribution in [1.82, 2.24) is 10.2 Å². The van der Waals surface area contributed by atoms with Crippen LogP contribution >= 0.6 is 15.9 Å². The Morgan fingerprint density at radius 3 is 2.95 bits per heavy atom. The summed E-state index contributed by atoms with van der Waals surface area (Å²) in [6, 6.07) is 5.85. The van der Waals surface area contributed by atoms with Crippen LogP contribution in [0.2, 0.25) is 0 Å². The highest BCUT2D eigenvalue weighted by atomic mass is 79.9. The van der Waals surface area contributed by atoms with Gasteiger partial charge in [-0.2, -0.15) is 0 Å². The lowest BCUT2D eigenvalue weighted by atomic mass is 10.1. The van der Waals surface area contributed by atoms with E-state index in [0.29, 0.717) is 0 Å². The van der Waals surface area contributed by atoms with Gasteiger partial charge in [-0.05, 0) is 36.1 Å². The van der Waals surface area contributed by atoms with Gasteiger partial charge < -0.3 is 15.3 Å². The van der Waals surface area contributed by atoms with Crippen molar-refractivity contribution in [1.29, 1.82) is 0 Å². The standard InChI is InChI=1S/C14H17BrN2O3/c1-17(7-6-13(18)19)14(20)16-12-5-2-9-8-10(15)3-4-11(9)12/h3-4,8,12H,2,5-7H2,1H3,(H,16,20)(H,18,19). The number of benzene rings is 1. The van der Waals surface area contributed by atoms with Crippen molar-refractivity contribution >= 4 is 27.9 Å². The molecule has 0 saturated carbocycles. The third-order valence-electron chi connectivity index (χ3n) is 3.49. The third-order valence-corrected chi connectivity index (χ3v) is 3.98. The molecule has 1 aliphatic rings. The first-order valence-corrected chi connectivity index (χ1v) is 7.28. The summed E-state index contributed by atoms with van der Waals surface area (Å²) in [4.78, 5) is 23.9. The SMILES string of the molecule is CN(CCC(=O)O)C(=O)NC1CCc2cc(Br)ccc21. The van der Waals surface area contributed by atoms with Crippen molar-refractivity contribution < 1.29 is 14.7 Å². The van der Waals surface area contributed by atoms with Crippen LogP contribution in [0.1, 0.15) is 30.0 Å². The molecule has 20 heavy (non-hydrogen) atoms. The van der Waals surface area contributed by atoms with Crippen LogP contribution in [-0.2, 0) is 11.2 Å². The number of hydrogen-bond acceptors (Lipinski definition) is 2. The van der Waals surface area contributed by atoms with Gasteiger partial charge in [0.15, 0.2) is 0 Å². The number of carboxylic acids is 1. The van der Waals surface area contributed by atoms with Crippen LogP contribution in [0.15, 0.2) is 22.7 Å². The Morgan fingerprint density at radius 2 is 2.25 bits per heavy atom. The van der Waals surface area contributed by atoms with Gasteiger partial charge in [0.2, 0.25) is 0 Å². The summed E-state index contributed by atoms with van der Waals surface area (Å²) in [5.41, 5.74) is 2.39. The normalized spacial score (nSPS) is 16.6. The fourth-order valence-corrected chi connectivity index (χ4v) is 2.77. The van der Waals surface area contributed by atoms with E-state index in [1.807, 2.05) is 12.1 Å². The van der Waals surface area contributed by atoms with Crippen LogP contribution in [-0.4, -0.2) is 35.6 Å². The van der Waals surface area contributed by atoms with E-state index in [0.717, 1.165) is 22.9 Å². The van der Waals surface area contributed by atoms with Gasteiger partial charge in [-0.1, -0.05) is 22.0 Å². The van der Waals surface area contributed by atoms with Gasteiger partial charge in [0.25, 0.3) is 0 Å². The number of carbonyl (C=O) groups excluding carboxylic acids is 1. The second-order valence-electron chi connectivity index (χ2n) is 4.95. The number of aliphatic carboxylic acids is 1. The van der Waals surface area contributed by atoms with E-state index in [-0.39, 0.29) is 25.0 Å². The zero-order valence-corrected chi connectivity index (χ0v) is 12.8. The predicted molar refractivity (Wildman–Crippen MR) is 78.6 cm³/mol. The maximum atomic E-state index is 12.0. The first-order valence-electron chi connectivity index (χ1n) is 6.49. The topological polar surface area (TPSA) is 69.6 Å². The van der Waals surface area contributed by atoms with Gasteiger partial charge in [0, 0.05) is 18.1 Å². The molecular formula is C14H17BrN2O3. The number of amides is 2. The van der Waals surface area contributed by atoms with Crippen LogP contribution in [0, 0.1) is 0 Å². The van der Waals surface area contributed by atoms with Gasteiger partial charge in [-0.15, -0.1) is 0 Å². The van der Waals surface area contributed by atoms with Gasteiger partial charge in [0.1, 0.15) is 0 Å². The van der Waals surface area contributed by atoms with E-state index < -0.39 is 5.97 Å². The summed E-state index contributed by atoms with van der Waals surface area (Å²) in [7, 11) is 1.61. The molecule has 1 aromatic rings. The molecule has 0 aromatic heterocycles. The van der Waals surface area contributed by atoms with Crippen molar-refractivity contribution in [2.75, 3.05) is 13.6 Å².